The molecule has 2 saturated heterocycles. The molecule has 2 heterocycles. The van der Waals surface area contributed by atoms with Crippen molar-refractivity contribution in [2.24, 2.45) is 0 Å². The summed E-state index contributed by atoms with van der Waals surface area (Å²) in [6.07, 6.45) is 5.49. The quantitative estimate of drug-likeness (QED) is 0.829. The molecule has 0 aliphatic carbocycles. The topological polar surface area (TPSA) is 18.5 Å². The Balaban J connectivity index is 1.82. The van der Waals surface area contributed by atoms with Crippen molar-refractivity contribution in [3.05, 3.63) is 0 Å². The van der Waals surface area contributed by atoms with Gasteiger partial charge in [-0.3, -0.25) is 9.80 Å². The van der Waals surface area contributed by atoms with Gasteiger partial charge in [0, 0.05) is 37.3 Å². The van der Waals surface area contributed by atoms with Gasteiger partial charge >= 0.3 is 0 Å². The fourth-order valence-corrected chi connectivity index (χ4v) is 3.49. The fraction of sp³-hybridized carbons (Fsp3) is 1.00. The molecule has 0 bridgehead atoms. The maximum atomic E-state index is 3.68. The van der Waals surface area contributed by atoms with Gasteiger partial charge in [-0.15, -0.1) is 0 Å². The molecule has 2 rings (SSSR count). The van der Waals surface area contributed by atoms with E-state index in [1.165, 1.54) is 45.3 Å². The molecule has 106 valence electrons. The smallest absolute Gasteiger partial charge is 0.0195 e. The van der Waals surface area contributed by atoms with Crippen molar-refractivity contribution in [1.82, 2.24) is 15.1 Å². The standard InChI is InChI=1S/C15H31N3/c1-12(9-15-7-5-6-8-16-15)18-10-13(2)17(4)14(3)11-18/h12-16H,5-11H2,1-4H3. The summed E-state index contributed by atoms with van der Waals surface area (Å²) in [7, 11) is 2.26. The van der Waals surface area contributed by atoms with Crippen LogP contribution in [0.5, 0.6) is 0 Å². The van der Waals surface area contributed by atoms with E-state index in [4.69, 9.17) is 0 Å². The Morgan fingerprint density at radius 3 is 2.39 bits per heavy atom. The molecule has 2 fully saturated rings. The summed E-state index contributed by atoms with van der Waals surface area (Å²) >= 11 is 0. The average Bonchev–Trinajstić information content (AvgIpc) is 2.36. The van der Waals surface area contributed by atoms with Gasteiger partial charge in [0.2, 0.25) is 0 Å². The Morgan fingerprint density at radius 1 is 1.17 bits per heavy atom. The van der Waals surface area contributed by atoms with Gasteiger partial charge in [-0.25, -0.2) is 0 Å². The maximum Gasteiger partial charge on any atom is 0.0195 e. The zero-order valence-electron chi connectivity index (χ0n) is 12.7. The minimum Gasteiger partial charge on any atom is -0.314 e. The molecule has 0 spiro atoms. The monoisotopic (exact) mass is 253 g/mol. The van der Waals surface area contributed by atoms with Crippen LogP contribution >= 0.6 is 0 Å². The van der Waals surface area contributed by atoms with E-state index >= 15 is 0 Å². The Morgan fingerprint density at radius 2 is 1.83 bits per heavy atom. The molecular weight excluding hydrogens is 222 g/mol. The minimum atomic E-state index is 0.690. The van der Waals surface area contributed by atoms with Crippen LogP contribution < -0.4 is 5.32 Å². The summed E-state index contributed by atoms with van der Waals surface area (Å²) in [5.74, 6) is 0. The van der Waals surface area contributed by atoms with E-state index in [1.54, 1.807) is 0 Å². The third-order valence-electron chi connectivity index (χ3n) is 5.05. The molecule has 0 aromatic rings. The SMILES string of the molecule is CC(CC1CCCCN1)N1CC(C)N(C)C(C)C1. The summed E-state index contributed by atoms with van der Waals surface area (Å²) in [6.45, 7) is 10.8. The molecule has 4 unspecified atom stereocenters. The highest BCUT2D eigenvalue weighted by Crippen LogP contribution is 2.20. The van der Waals surface area contributed by atoms with Crippen LogP contribution in [0.1, 0.15) is 46.5 Å². The van der Waals surface area contributed by atoms with Gasteiger partial charge in [0.05, 0.1) is 0 Å². The second kappa shape index (κ2) is 6.36. The highest BCUT2D eigenvalue weighted by atomic mass is 15.3. The first-order valence-electron chi connectivity index (χ1n) is 7.77. The molecule has 4 atom stereocenters. The first-order valence-corrected chi connectivity index (χ1v) is 7.77. The van der Waals surface area contributed by atoms with Crippen LogP contribution in [0.3, 0.4) is 0 Å². The van der Waals surface area contributed by atoms with Gasteiger partial charge in [0.1, 0.15) is 0 Å². The number of hydrogen-bond acceptors (Lipinski definition) is 3. The van der Waals surface area contributed by atoms with Crippen molar-refractivity contribution >= 4 is 0 Å². The highest BCUT2D eigenvalue weighted by molar-refractivity contribution is 4.87. The van der Waals surface area contributed by atoms with Crippen LogP contribution in [0.4, 0.5) is 0 Å². The second-order valence-corrected chi connectivity index (χ2v) is 6.55. The third-order valence-corrected chi connectivity index (χ3v) is 5.05. The third kappa shape index (κ3) is 3.46. The zero-order valence-corrected chi connectivity index (χ0v) is 12.7. The Kier molecular flexibility index (Phi) is 5.05. The number of rotatable bonds is 3. The molecule has 3 heteroatoms. The number of piperidine rings is 1. The zero-order chi connectivity index (χ0) is 13.1. The fourth-order valence-electron chi connectivity index (χ4n) is 3.49. The van der Waals surface area contributed by atoms with Gasteiger partial charge in [0.15, 0.2) is 0 Å². The van der Waals surface area contributed by atoms with E-state index < -0.39 is 0 Å². The predicted octanol–water partition coefficient (Wildman–Crippen LogP) is 1.93. The van der Waals surface area contributed by atoms with Crippen LogP contribution in [0.15, 0.2) is 0 Å². The lowest BCUT2D eigenvalue weighted by atomic mass is 9.96. The Hall–Kier alpha value is -0.120. The summed E-state index contributed by atoms with van der Waals surface area (Å²) < 4.78 is 0. The molecule has 3 nitrogen and oxygen atoms in total. The van der Waals surface area contributed by atoms with Crippen LogP contribution in [-0.4, -0.2) is 60.6 Å². The van der Waals surface area contributed by atoms with E-state index in [0.29, 0.717) is 12.1 Å². The van der Waals surface area contributed by atoms with Crippen LogP contribution in [0.2, 0.25) is 0 Å². The van der Waals surface area contributed by atoms with E-state index in [1.807, 2.05) is 0 Å². The lowest BCUT2D eigenvalue weighted by Gasteiger charge is -2.45. The van der Waals surface area contributed by atoms with Gasteiger partial charge in [0.25, 0.3) is 0 Å². The van der Waals surface area contributed by atoms with Crippen LogP contribution in [0, 0.1) is 0 Å². The van der Waals surface area contributed by atoms with E-state index in [2.05, 4.69) is 42.9 Å². The first-order chi connectivity index (χ1) is 8.58. The number of nitrogens with one attached hydrogen (secondary N) is 1. The number of nitrogens with zero attached hydrogens (tertiary/aromatic N) is 2. The number of hydrogen-bond donors (Lipinski definition) is 1. The lowest BCUT2D eigenvalue weighted by molar-refractivity contribution is 0.0325. The molecule has 1 N–H and O–H groups in total. The van der Waals surface area contributed by atoms with Crippen molar-refractivity contribution < 1.29 is 0 Å². The predicted molar refractivity (Wildman–Crippen MR) is 78.0 cm³/mol. The van der Waals surface area contributed by atoms with Crippen LogP contribution in [0.25, 0.3) is 0 Å². The number of likely N-dealkylation sites (N-methyl/N-ethyl adjacent to an activating group) is 1. The minimum absolute atomic E-state index is 0.690. The van der Waals surface area contributed by atoms with E-state index in [9.17, 15) is 0 Å². The van der Waals surface area contributed by atoms with Gasteiger partial charge in [-0.05, 0) is 53.6 Å². The summed E-state index contributed by atoms with van der Waals surface area (Å²) in [4.78, 5) is 5.22. The summed E-state index contributed by atoms with van der Waals surface area (Å²) in [5, 5.41) is 3.68. The van der Waals surface area contributed by atoms with Crippen molar-refractivity contribution in [3.63, 3.8) is 0 Å². The molecule has 0 radical (unpaired) electrons. The van der Waals surface area contributed by atoms with Crippen molar-refractivity contribution in [3.8, 4) is 0 Å². The molecule has 18 heavy (non-hydrogen) atoms. The average molecular weight is 253 g/mol. The molecule has 0 amide bonds. The van der Waals surface area contributed by atoms with Gasteiger partial charge in [-0.1, -0.05) is 6.42 Å². The largest absolute Gasteiger partial charge is 0.314 e. The normalized spacial score (nSPS) is 37.7. The van der Waals surface area contributed by atoms with Crippen molar-refractivity contribution in [1.29, 1.82) is 0 Å². The molecule has 0 aromatic carbocycles. The van der Waals surface area contributed by atoms with Crippen molar-refractivity contribution in [2.45, 2.75) is 70.6 Å². The first kappa shape index (κ1) is 14.3. The second-order valence-electron chi connectivity index (χ2n) is 6.55. The molecule has 2 aliphatic heterocycles. The van der Waals surface area contributed by atoms with E-state index in [-0.39, 0.29) is 0 Å². The maximum absolute atomic E-state index is 3.68. The van der Waals surface area contributed by atoms with Crippen LogP contribution in [-0.2, 0) is 0 Å². The lowest BCUT2D eigenvalue weighted by Crippen LogP contribution is -2.57. The Bertz CT molecular complexity index is 238. The summed E-state index contributed by atoms with van der Waals surface area (Å²) in [6, 6.07) is 2.87. The van der Waals surface area contributed by atoms with E-state index in [0.717, 1.165) is 12.1 Å². The molecule has 0 aromatic heterocycles. The summed E-state index contributed by atoms with van der Waals surface area (Å²) in [5.41, 5.74) is 0. The number of piperazine rings is 1. The van der Waals surface area contributed by atoms with Gasteiger partial charge in [-0.2, -0.15) is 0 Å². The molecular formula is C15H31N3. The molecule has 0 saturated carbocycles. The van der Waals surface area contributed by atoms with Crippen molar-refractivity contribution in [2.75, 3.05) is 26.7 Å². The Labute approximate surface area is 113 Å². The molecule has 2 aliphatic rings. The highest BCUT2D eigenvalue weighted by Gasteiger charge is 2.30. The van der Waals surface area contributed by atoms with Gasteiger partial charge < -0.3 is 5.32 Å².